The molecule has 1 fully saturated rings. The van der Waals surface area contributed by atoms with Crippen LogP contribution in [0.5, 0.6) is 5.75 Å². The third-order valence-corrected chi connectivity index (χ3v) is 4.16. The molecule has 7 heteroatoms. The van der Waals surface area contributed by atoms with Crippen LogP contribution in [0.25, 0.3) is 0 Å². The lowest BCUT2D eigenvalue weighted by Crippen LogP contribution is -2.30. The lowest BCUT2D eigenvalue weighted by Gasteiger charge is -2.18. The van der Waals surface area contributed by atoms with Gasteiger partial charge < -0.3 is 15.0 Å². The van der Waals surface area contributed by atoms with Gasteiger partial charge in [-0.15, -0.1) is 0 Å². The molecule has 1 aromatic heterocycles. The number of ether oxygens (including phenoxy) is 1. The number of aromatic nitrogens is 2. The largest absolute Gasteiger partial charge is 0.479 e. The topological polar surface area (TPSA) is 67.3 Å². The van der Waals surface area contributed by atoms with Crippen molar-refractivity contribution in [3.63, 3.8) is 0 Å². The van der Waals surface area contributed by atoms with Crippen LogP contribution < -0.4 is 15.0 Å². The Labute approximate surface area is 145 Å². The molecule has 2 heterocycles. The highest BCUT2D eigenvalue weighted by Gasteiger charge is 2.18. The van der Waals surface area contributed by atoms with Gasteiger partial charge in [-0.1, -0.05) is 23.7 Å². The summed E-state index contributed by atoms with van der Waals surface area (Å²) in [6, 6.07) is 8.83. The molecule has 1 saturated heterocycles. The number of amides is 1. The Morgan fingerprint density at radius 3 is 2.79 bits per heavy atom. The molecule has 0 spiro atoms. The number of hydrogen-bond donors (Lipinski definition) is 1. The number of para-hydroxylation sites is 1. The summed E-state index contributed by atoms with van der Waals surface area (Å²) in [4.78, 5) is 22.9. The van der Waals surface area contributed by atoms with E-state index in [9.17, 15) is 4.79 Å². The summed E-state index contributed by atoms with van der Waals surface area (Å²) >= 11 is 6.04. The predicted molar refractivity (Wildman–Crippen MR) is 93.7 cm³/mol. The van der Waals surface area contributed by atoms with Crippen molar-refractivity contribution in [2.45, 2.75) is 25.9 Å². The lowest BCUT2D eigenvalue weighted by atomic mass is 10.3. The van der Waals surface area contributed by atoms with Gasteiger partial charge in [-0.3, -0.25) is 4.79 Å². The summed E-state index contributed by atoms with van der Waals surface area (Å²) in [5, 5.41) is 3.23. The van der Waals surface area contributed by atoms with Crippen LogP contribution >= 0.6 is 11.6 Å². The molecule has 1 atom stereocenters. The molecule has 0 radical (unpaired) electrons. The molecule has 2 aromatic rings. The number of carbonyl (C=O) groups is 1. The number of benzene rings is 1. The molecule has 1 amide bonds. The number of nitrogens with zero attached hydrogens (tertiary/aromatic N) is 3. The van der Waals surface area contributed by atoms with E-state index in [4.69, 9.17) is 16.3 Å². The minimum absolute atomic E-state index is 0.291. The van der Waals surface area contributed by atoms with Gasteiger partial charge in [0.2, 0.25) is 0 Å². The van der Waals surface area contributed by atoms with Gasteiger partial charge >= 0.3 is 0 Å². The van der Waals surface area contributed by atoms with Gasteiger partial charge in [0, 0.05) is 19.2 Å². The Bertz CT molecular complexity index is 719. The third-order valence-electron chi connectivity index (χ3n) is 3.84. The number of rotatable bonds is 5. The van der Waals surface area contributed by atoms with Gasteiger partial charge in [0.1, 0.15) is 23.7 Å². The Hall–Kier alpha value is -2.34. The van der Waals surface area contributed by atoms with Gasteiger partial charge in [0.15, 0.2) is 6.10 Å². The molecule has 6 nitrogen and oxygen atoms in total. The van der Waals surface area contributed by atoms with E-state index >= 15 is 0 Å². The van der Waals surface area contributed by atoms with Gasteiger partial charge in [-0.25, -0.2) is 9.97 Å². The fraction of sp³-hybridized carbons (Fsp3) is 0.353. The number of halogens is 1. The zero-order chi connectivity index (χ0) is 16.9. The van der Waals surface area contributed by atoms with Crippen LogP contribution in [0.1, 0.15) is 19.8 Å². The molecule has 0 saturated carbocycles. The highest BCUT2D eigenvalue weighted by Crippen LogP contribution is 2.24. The average Bonchev–Trinajstić information content (AvgIpc) is 3.12. The average molecular weight is 347 g/mol. The summed E-state index contributed by atoms with van der Waals surface area (Å²) in [5.41, 5.74) is 0. The molecule has 3 rings (SSSR count). The molecule has 0 aliphatic carbocycles. The minimum atomic E-state index is -0.699. The molecule has 0 bridgehead atoms. The first-order chi connectivity index (χ1) is 11.6. The molecule has 1 aliphatic heterocycles. The fourth-order valence-electron chi connectivity index (χ4n) is 2.55. The van der Waals surface area contributed by atoms with Crippen LogP contribution in [0, 0.1) is 0 Å². The van der Waals surface area contributed by atoms with Crippen LogP contribution in [0.15, 0.2) is 36.7 Å². The van der Waals surface area contributed by atoms with E-state index < -0.39 is 6.10 Å². The normalized spacial score (nSPS) is 15.2. The summed E-state index contributed by atoms with van der Waals surface area (Å²) in [6.45, 7) is 3.63. The van der Waals surface area contributed by atoms with E-state index in [1.807, 2.05) is 0 Å². The van der Waals surface area contributed by atoms with Crippen LogP contribution in [0.4, 0.5) is 11.6 Å². The van der Waals surface area contributed by atoms with Crippen LogP contribution in [-0.4, -0.2) is 35.1 Å². The quantitative estimate of drug-likeness (QED) is 0.900. The molecule has 126 valence electrons. The molecule has 0 unspecified atom stereocenters. The first kappa shape index (κ1) is 16.5. The molecular formula is C17H19ClN4O2. The second-order valence-electron chi connectivity index (χ2n) is 5.64. The smallest absolute Gasteiger partial charge is 0.266 e. The molecule has 1 aromatic carbocycles. The van der Waals surface area contributed by atoms with Gasteiger partial charge in [-0.05, 0) is 31.9 Å². The van der Waals surface area contributed by atoms with Gasteiger partial charge in [0.05, 0.1) is 5.02 Å². The fourth-order valence-corrected chi connectivity index (χ4v) is 2.73. The Kier molecular flexibility index (Phi) is 5.15. The SMILES string of the molecule is C[C@H](Oc1ccccc1Cl)C(=O)Nc1cc(N2CCCC2)ncn1. The summed E-state index contributed by atoms with van der Waals surface area (Å²) in [7, 11) is 0. The minimum Gasteiger partial charge on any atom is -0.479 e. The van der Waals surface area contributed by atoms with Crippen molar-refractivity contribution in [1.29, 1.82) is 0 Å². The van der Waals surface area contributed by atoms with E-state index in [2.05, 4.69) is 20.2 Å². The van der Waals surface area contributed by atoms with E-state index in [-0.39, 0.29) is 5.91 Å². The van der Waals surface area contributed by atoms with Crippen LogP contribution in [0.2, 0.25) is 5.02 Å². The number of anilines is 2. The van der Waals surface area contributed by atoms with E-state index in [0.717, 1.165) is 31.7 Å². The number of nitrogens with one attached hydrogen (secondary N) is 1. The van der Waals surface area contributed by atoms with E-state index in [1.54, 1.807) is 37.3 Å². The van der Waals surface area contributed by atoms with Crippen molar-refractivity contribution < 1.29 is 9.53 Å². The Morgan fingerprint density at radius 2 is 2.04 bits per heavy atom. The Morgan fingerprint density at radius 1 is 1.29 bits per heavy atom. The Balaban J connectivity index is 1.63. The maximum absolute atomic E-state index is 12.3. The maximum atomic E-state index is 12.3. The van der Waals surface area contributed by atoms with Crippen molar-refractivity contribution in [2.75, 3.05) is 23.3 Å². The first-order valence-corrected chi connectivity index (χ1v) is 8.30. The second kappa shape index (κ2) is 7.49. The summed E-state index contributed by atoms with van der Waals surface area (Å²) < 4.78 is 5.61. The molecule has 1 aliphatic rings. The highest BCUT2D eigenvalue weighted by molar-refractivity contribution is 6.32. The van der Waals surface area contributed by atoms with Gasteiger partial charge in [-0.2, -0.15) is 0 Å². The molecule has 1 N–H and O–H groups in total. The number of hydrogen-bond acceptors (Lipinski definition) is 5. The van der Waals surface area contributed by atoms with Gasteiger partial charge in [0.25, 0.3) is 5.91 Å². The monoisotopic (exact) mass is 346 g/mol. The zero-order valence-electron chi connectivity index (χ0n) is 13.4. The highest BCUT2D eigenvalue weighted by atomic mass is 35.5. The van der Waals surface area contributed by atoms with Crippen molar-refractivity contribution in [2.24, 2.45) is 0 Å². The zero-order valence-corrected chi connectivity index (χ0v) is 14.2. The molecule has 24 heavy (non-hydrogen) atoms. The van der Waals surface area contributed by atoms with E-state index in [1.165, 1.54) is 6.33 Å². The maximum Gasteiger partial charge on any atom is 0.266 e. The number of carbonyl (C=O) groups excluding carboxylic acids is 1. The van der Waals surface area contributed by atoms with Crippen LogP contribution in [-0.2, 0) is 4.79 Å². The van der Waals surface area contributed by atoms with Crippen molar-refractivity contribution in [3.8, 4) is 5.75 Å². The van der Waals surface area contributed by atoms with Crippen molar-refractivity contribution >= 4 is 29.1 Å². The predicted octanol–water partition coefficient (Wildman–Crippen LogP) is 3.14. The van der Waals surface area contributed by atoms with E-state index in [0.29, 0.717) is 16.6 Å². The molecular weight excluding hydrogens is 328 g/mol. The first-order valence-electron chi connectivity index (χ1n) is 7.92. The summed E-state index contributed by atoms with van der Waals surface area (Å²) in [6.07, 6.45) is 3.08. The van der Waals surface area contributed by atoms with Crippen molar-refractivity contribution in [1.82, 2.24) is 9.97 Å². The lowest BCUT2D eigenvalue weighted by molar-refractivity contribution is -0.122. The van der Waals surface area contributed by atoms with Crippen LogP contribution in [0.3, 0.4) is 0 Å². The second-order valence-corrected chi connectivity index (χ2v) is 6.04. The van der Waals surface area contributed by atoms with Crippen molar-refractivity contribution in [3.05, 3.63) is 41.7 Å². The summed E-state index contributed by atoms with van der Waals surface area (Å²) in [5.74, 6) is 1.48. The standard InChI is InChI=1S/C17H19ClN4O2/c1-12(24-14-7-3-2-6-13(14)18)17(23)21-15-10-16(20-11-19-15)22-8-4-5-9-22/h2-3,6-7,10-12H,4-5,8-9H2,1H3,(H,19,20,21,23)/t12-/m0/s1. The third kappa shape index (κ3) is 3.94.